The maximum absolute atomic E-state index is 12.3. The number of halogens is 5. The SMILES string of the molecule is Nc1cc(Br)cc(I)c1C(F)(F)F. The minimum atomic E-state index is -4.39. The summed E-state index contributed by atoms with van der Waals surface area (Å²) >= 11 is 4.67. The summed E-state index contributed by atoms with van der Waals surface area (Å²) in [6.45, 7) is 0. The van der Waals surface area contributed by atoms with Gasteiger partial charge in [0.05, 0.1) is 5.56 Å². The van der Waals surface area contributed by atoms with Crippen molar-refractivity contribution in [3.63, 3.8) is 0 Å². The first-order valence-electron chi connectivity index (χ1n) is 3.14. The first kappa shape index (κ1) is 11.1. The molecule has 0 heterocycles. The van der Waals surface area contributed by atoms with Gasteiger partial charge >= 0.3 is 6.18 Å². The fraction of sp³-hybridized carbons (Fsp3) is 0.143. The van der Waals surface area contributed by atoms with Crippen LogP contribution < -0.4 is 5.73 Å². The van der Waals surface area contributed by atoms with Crippen molar-refractivity contribution < 1.29 is 13.2 Å². The molecule has 1 aromatic carbocycles. The van der Waals surface area contributed by atoms with Crippen molar-refractivity contribution >= 4 is 44.2 Å². The van der Waals surface area contributed by atoms with Gasteiger partial charge in [0.25, 0.3) is 0 Å². The summed E-state index contributed by atoms with van der Waals surface area (Å²) in [7, 11) is 0. The maximum atomic E-state index is 12.3. The van der Waals surface area contributed by atoms with Crippen LogP contribution in [0.5, 0.6) is 0 Å². The van der Waals surface area contributed by atoms with Gasteiger partial charge in [-0.1, -0.05) is 15.9 Å². The average molecular weight is 366 g/mol. The van der Waals surface area contributed by atoms with E-state index in [1.807, 2.05) is 0 Å². The standard InChI is InChI=1S/C7H4BrF3IN/c8-3-1-4(12)6(5(13)2-3)7(9,10)11/h1-2H,13H2. The summed E-state index contributed by atoms with van der Waals surface area (Å²) in [5, 5.41) is 0. The van der Waals surface area contributed by atoms with Crippen molar-refractivity contribution in [3.05, 3.63) is 25.7 Å². The predicted octanol–water partition coefficient (Wildman–Crippen LogP) is 3.65. The summed E-state index contributed by atoms with van der Waals surface area (Å²) in [6, 6.07) is 2.62. The zero-order valence-electron chi connectivity index (χ0n) is 6.12. The third-order valence-electron chi connectivity index (χ3n) is 1.37. The van der Waals surface area contributed by atoms with Gasteiger partial charge in [0, 0.05) is 13.7 Å². The van der Waals surface area contributed by atoms with Gasteiger partial charge in [0.15, 0.2) is 0 Å². The molecule has 72 valence electrons. The Kier molecular flexibility index (Phi) is 3.11. The lowest BCUT2D eigenvalue weighted by Gasteiger charge is -2.12. The maximum Gasteiger partial charge on any atom is 0.419 e. The van der Waals surface area contributed by atoms with Crippen LogP contribution in [0.15, 0.2) is 16.6 Å². The molecule has 0 aliphatic heterocycles. The smallest absolute Gasteiger partial charge is 0.398 e. The second-order valence-corrected chi connectivity index (χ2v) is 4.43. The molecule has 0 aliphatic carbocycles. The van der Waals surface area contributed by atoms with Gasteiger partial charge in [-0.15, -0.1) is 0 Å². The Morgan fingerprint density at radius 2 is 1.85 bits per heavy atom. The third kappa shape index (κ3) is 2.49. The number of hydrogen-bond acceptors (Lipinski definition) is 1. The molecular weight excluding hydrogens is 362 g/mol. The van der Waals surface area contributed by atoms with E-state index in [2.05, 4.69) is 15.9 Å². The summed E-state index contributed by atoms with van der Waals surface area (Å²) in [4.78, 5) is 0. The van der Waals surface area contributed by atoms with E-state index in [-0.39, 0.29) is 9.26 Å². The second-order valence-electron chi connectivity index (χ2n) is 2.35. The predicted molar refractivity (Wildman–Crippen MR) is 56.3 cm³/mol. The van der Waals surface area contributed by atoms with Crippen molar-refractivity contribution in [2.45, 2.75) is 6.18 Å². The van der Waals surface area contributed by atoms with Crippen molar-refractivity contribution in [1.29, 1.82) is 0 Å². The molecule has 0 radical (unpaired) electrons. The van der Waals surface area contributed by atoms with Gasteiger partial charge in [-0.2, -0.15) is 13.2 Å². The summed E-state index contributed by atoms with van der Waals surface area (Å²) in [5.74, 6) is 0. The zero-order chi connectivity index (χ0) is 10.2. The molecule has 0 saturated carbocycles. The van der Waals surface area contributed by atoms with E-state index in [1.54, 1.807) is 22.6 Å². The number of nitrogens with two attached hydrogens (primary N) is 1. The zero-order valence-corrected chi connectivity index (χ0v) is 9.87. The van der Waals surface area contributed by atoms with Gasteiger partial charge in [0.2, 0.25) is 0 Å². The number of alkyl halides is 3. The average Bonchev–Trinajstić information content (AvgIpc) is 1.78. The van der Waals surface area contributed by atoms with E-state index in [1.165, 1.54) is 12.1 Å². The highest BCUT2D eigenvalue weighted by atomic mass is 127. The van der Waals surface area contributed by atoms with Crippen molar-refractivity contribution in [2.75, 3.05) is 5.73 Å². The monoisotopic (exact) mass is 365 g/mol. The normalized spacial score (nSPS) is 11.8. The van der Waals surface area contributed by atoms with Gasteiger partial charge < -0.3 is 5.73 Å². The molecule has 6 heteroatoms. The van der Waals surface area contributed by atoms with Crippen LogP contribution in [0.1, 0.15) is 5.56 Å². The molecule has 0 aromatic heterocycles. The highest BCUT2D eigenvalue weighted by Crippen LogP contribution is 2.38. The molecular formula is C7H4BrF3IN. The number of hydrogen-bond donors (Lipinski definition) is 1. The molecule has 0 unspecified atom stereocenters. The molecule has 2 N–H and O–H groups in total. The first-order chi connectivity index (χ1) is 5.82. The molecule has 1 rings (SSSR count). The Morgan fingerprint density at radius 3 is 2.23 bits per heavy atom. The molecule has 1 aromatic rings. The van der Waals surface area contributed by atoms with Crippen molar-refractivity contribution in [2.24, 2.45) is 0 Å². The molecule has 0 spiro atoms. The quantitative estimate of drug-likeness (QED) is 0.551. The van der Waals surface area contributed by atoms with E-state index in [0.29, 0.717) is 4.47 Å². The van der Waals surface area contributed by atoms with Crippen LogP contribution in [0.4, 0.5) is 18.9 Å². The molecule has 13 heavy (non-hydrogen) atoms. The number of nitrogen functional groups attached to an aromatic ring is 1. The van der Waals surface area contributed by atoms with E-state index >= 15 is 0 Å². The van der Waals surface area contributed by atoms with E-state index in [0.717, 1.165) is 0 Å². The lowest BCUT2D eigenvalue weighted by molar-refractivity contribution is -0.137. The minimum absolute atomic E-state index is 0.0944. The van der Waals surface area contributed by atoms with Crippen LogP contribution in [-0.4, -0.2) is 0 Å². The topological polar surface area (TPSA) is 26.0 Å². The Hall–Kier alpha value is 0.0200. The largest absolute Gasteiger partial charge is 0.419 e. The molecule has 0 bridgehead atoms. The molecule has 0 fully saturated rings. The van der Waals surface area contributed by atoms with E-state index < -0.39 is 11.7 Å². The Morgan fingerprint density at radius 1 is 1.31 bits per heavy atom. The summed E-state index contributed by atoms with van der Waals surface area (Å²) in [5.41, 5.74) is 4.23. The lowest BCUT2D eigenvalue weighted by Crippen LogP contribution is -2.11. The Balaban J connectivity index is 3.38. The number of benzene rings is 1. The van der Waals surface area contributed by atoms with Gasteiger partial charge in [-0.3, -0.25) is 0 Å². The van der Waals surface area contributed by atoms with Crippen LogP contribution in [0.25, 0.3) is 0 Å². The molecule has 0 aliphatic rings. The molecule has 0 atom stereocenters. The molecule has 0 saturated heterocycles. The van der Waals surface area contributed by atoms with Crippen LogP contribution >= 0.6 is 38.5 Å². The summed E-state index contributed by atoms with van der Waals surface area (Å²) < 4.78 is 37.7. The first-order valence-corrected chi connectivity index (χ1v) is 5.01. The van der Waals surface area contributed by atoms with Crippen LogP contribution in [0, 0.1) is 3.57 Å². The van der Waals surface area contributed by atoms with Crippen molar-refractivity contribution in [1.82, 2.24) is 0 Å². The van der Waals surface area contributed by atoms with E-state index in [4.69, 9.17) is 5.73 Å². The second kappa shape index (κ2) is 3.64. The highest BCUT2D eigenvalue weighted by Gasteiger charge is 2.35. The van der Waals surface area contributed by atoms with E-state index in [9.17, 15) is 13.2 Å². The molecule has 1 nitrogen and oxygen atoms in total. The fourth-order valence-corrected chi connectivity index (χ4v) is 2.75. The van der Waals surface area contributed by atoms with Crippen LogP contribution in [0.3, 0.4) is 0 Å². The van der Waals surface area contributed by atoms with Crippen LogP contribution in [0.2, 0.25) is 0 Å². The third-order valence-corrected chi connectivity index (χ3v) is 2.68. The van der Waals surface area contributed by atoms with Gasteiger partial charge in [0.1, 0.15) is 0 Å². The Labute approximate surface area is 94.8 Å². The lowest BCUT2D eigenvalue weighted by atomic mass is 10.2. The van der Waals surface area contributed by atoms with Gasteiger partial charge in [-0.25, -0.2) is 0 Å². The van der Waals surface area contributed by atoms with Crippen molar-refractivity contribution in [3.8, 4) is 0 Å². The number of rotatable bonds is 0. The Bertz CT molecular complexity index is 314. The molecule has 0 amide bonds. The van der Waals surface area contributed by atoms with Crippen LogP contribution in [-0.2, 0) is 6.18 Å². The number of anilines is 1. The highest BCUT2D eigenvalue weighted by molar-refractivity contribution is 14.1. The summed E-state index contributed by atoms with van der Waals surface area (Å²) in [6.07, 6.45) is -4.39. The van der Waals surface area contributed by atoms with Gasteiger partial charge in [-0.05, 0) is 34.7 Å². The minimum Gasteiger partial charge on any atom is -0.398 e. The fourth-order valence-electron chi connectivity index (χ4n) is 0.893.